The third-order valence-corrected chi connectivity index (χ3v) is 3.42. The lowest BCUT2D eigenvalue weighted by atomic mass is 9.77. The molecule has 2 rings (SSSR count). The van der Waals surface area contributed by atoms with Gasteiger partial charge in [-0.2, -0.15) is 0 Å². The fourth-order valence-electron chi connectivity index (χ4n) is 2.45. The highest BCUT2D eigenvalue weighted by Gasteiger charge is 2.28. The monoisotopic (exact) mass is 230 g/mol. The van der Waals surface area contributed by atoms with Gasteiger partial charge in [0, 0.05) is 12.3 Å². The van der Waals surface area contributed by atoms with Gasteiger partial charge in [-0.1, -0.05) is 31.2 Å². The number of allylic oxidation sites excluding steroid dienone is 2. The van der Waals surface area contributed by atoms with Gasteiger partial charge in [0.1, 0.15) is 11.5 Å². The van der Waals surface area contributed by atoms with Crippen molar-refractivity contribution in [1.82, 2.24) is 0 Å². The van der Waals surface area contributed by atoms with Gasteiger partial charge in [0.15, 0.2) is 0 Å². The van der Waals surface area contributed by atoms with Gasteiger partial charge in [0.05, 0.1) is 7.11 Å². The Morgan fingerprint density at radius 1 is 1.29 bits per heavy atom. The minimum Gasteiger partial charge on any atom is -0.497 e. The maximum atomic E-state index is 12.0. The van der Waals surface area contributed by atoms with Gasteiger partial charge >= 0.3 is 0 Å². The van der Waals surface area contributed by atoms with E-state index < -0.39 is 0 Å². The Bertz CT molecular complexity index is 417. The topological polar surface area (TPSA) is 26.3 Å². The zero-order valence-electron chi connectivity index (χ0n) is 10.3. The van der Waals surface area contributed by atoms with E-state index in [1.807, 2.05) is 30.3 Å². The summed E-state index contributed by atoms with van der Waals surface area (Å²) in [7, 11) is 1.65. The molecule has 0 spiro atoms. The molecule has 1 aromatic rings. The summed E-state index contributed by atoms with van der Waals surface area (Å²) in [5, 5.41) is 0. The normalized spacial score (nSPS) is 23.8. The summed E-state index contributed by atoms with van der Waals surface area (Å²) in [6.45, 7) is 2.13. The van der Waals surface area contributed by atoms with Crippen LogP contribution in [0.1, 0.15) is 31.2 Å². The van der Waals surface area contributed by atoms with Crippen LogP contribution in [0.4, 0.5) is 0 Å². The zero-order valence-corrected chi connectivity index (χ0v) is 10.3. The Balaban J connectivity index is 2.29. The third-order valence-electron chi connectivity index (χ3n) is 3.42. The molecule has 2 nitrogen and oxygen atoms in total. The Kier molecular flexibility index (Phi) is 3.62. The molecule has 0 saturated carbocycles. The first-order chi connectivity index (χ1) is 8.26. The summed E-state index contributed by atoms with van der Waals surface area (Å²) < 4.78 is 5.14. The standard InChI is InChI=1S/C15H18O2/c1-3-11-5-4-6-14(16)15(11)12-7-9-13(17-2)10-8-12/h4-5,7-11,15H,3,6H2,1-2H3/t11-,15?/m1/s1. The molecule has 2 heteroatoms. The molecule has 90 valence electrons. The number of ether oxygens (including phenoxy) is 1. The highest BCUT2D eigenvalue weighted by Crippen LogP contribution is 2.34. The van der Waals surface area contributed by atoms with Crippen LogP contribution in [0, 0.1) is 5.92 Å². The van der Waals surface area contributed by atoms with E-state index in [1.54, 1.807) is 7.11 Å². The number of ketones is 1. The minimum atomic E-state index is 0.0240. The second-order valence-corrected chi connectivity index (χ2v) is 4.42. The van der Waals surface area contributed by atoms with Crippen LogP contribution in [0.3, 0.4) is 0 Å². The molecule has 2 atom stereocenters. The van der Waals surface area contributed by atoms with Crippen molar-refractivity contribution in [3.63, 3.8) is 0 Å². The fourth-order valence-corrected chi connectivity index (χ4v) is 2.45. The number of benzene rings is 1. The number of rotatable bonds is 3. The van der Waals surface area contributed by atoms with E-state index in [0.29, 0.717) is 18.1 Å². The molecule has 1 unspecified atom stereocenters. The first-order valence-electron chi connectivity index (χ1n) is 6.09. The van der Waals surface area contributed by atoms with E-state index in [9.17, 15) is 4.79 Å². The number of carbonyl (C=O) groups is 1. The number of carbonyl (C=O) groups excluding carboxylic acids is 1. The van der Waals surface area contributed by atoms with Crippen LogP contribution in [0.25, 0.3) is 0 Å². The first-order valence-corrected chi connectivity index (χ1v) is 6.09. The van der Waals surface area contributed by atoms with Gasteiger partial charge in [-0.25, -0.2) is 0 Å². The zero-order chi connectivity index (χ0) is 12.3. The minimum absolute atomic E-state index is 0.0240. The summed E-state index contributed by atoms with van der Waals surface area (Å²) in [4.78, 5) is 12.0. The average molecular weight is 230 g/mol. The highest BCUT2D eigenvalue weighted by molar-refractivity contribution is 5.88. The van der Waals surface area contributed by atoms with Gasteiger partial charge in [0.2, 0.25) is 0 Å². The van der Waals surface area contributed by atoms with Crippen molar-refractivity contribution < 1.29 is 9.53 Å². The quantitative estimate of drug-likeness (QED) is 0.744. The van der Waals surface area contributed by atoms with Crippen molar-refractivity contribution in [2.75, 3.05) is 7.11 Å². The Morgan fingerprint density at radius 2 is 2.00 bits per heavy atom. The smallest absolute Gasteiger partial charge is 0.144 e. The molecule has 17 heavy (non-hydrogen) atoms. The molecule has 0 amide bonds. The van der Waals surface area contributed by atoms with Gasteiger partial charge < -0.3 is 4.74 Å². The lowest BCUT2D eigenvalue weighted by Gasteiger charge is -2.26. The fraction of sp³-hybridized carbons (Fsp3) is 0.400. The van der Waals surface area contributed by atoms with E-state index in [-0.39, 0.29) is 5.92 Å². The maximum Gasteiger partial charge on any atom is 0.144 e. The molecule has 0 heterocycles. The second kappa shape index (κ2) is 5.17. The van der Waals surface area contributed by atoms with Crippen LogP contribution >= 0.6 is 0 Å². The van der Waals surface area contributed by atoms with Crippen LogP contribution in [-0.4, -0.2) is 12.9 Å². The van der Waals surface area contributed by atoms with E-state index in [2.05, 4.69) is 13.0 Å². The number of methoxy groups -OCH3 is 1. The van der Waals surface area contributed by atoms with Crippen LogP contribution in [0.2, 0.25) is 0 Å². The van der Waals surface area contributed by atoms with Gasteiger partial charge in [-0.3, -0.25) is 4.79 Å². The molecular formula is C15H18O2. The molecule has 0 saturated heterocycles. The Morgan fingerprint density at radius 3 is 2.59 bits per heavy atom. The summed E-state index contributed by atoms with van der Waals surface area (Å²) >= 11 is 0. The molecule has 0 fully saturated rings. The molecule has 1 aliphatic rings. The lowest BCUT2D eigenvalue weighted by Crippen LogP contribution is -2.22. The van der Waals surface area contributed by atoms with Crippen molar-refractivity contribution in [2.45, 2.75) is 25.7 Å². The Labute approximate surface area is 102 Å². The van der Waals surface area contributed by atoms with Gasteiger partial charge in [0.25, 0.3) is 0 Å². The molecule has 0 aromatic heterocycles. The molecule has 0 bridgehead atoms. The predicted molar refractivity (Wildman–Crippen MR) is 68.3 cm³/mol. The lowest BCUT2D eigenvalue weighted by molar-refractivity contribution is -0.120. The summed E-state index contributed by atoms with van der Waals surface area (Å²) in [6, 6.07) is 7.85. The number of hydrogen-bond donors (Lipinski definition) is 0. The SMILES string of the molecule is CC[C@@H]1C=CCC(=O)C1c1ccc(OC)cc1. The van der Waals surface area contributed by atoms with Crippen molar-refractivity contribution in [2.24, 2.45) is 5.92 Å². The van der Waals surface area contributed by atoms with Gasteiger partial charge in [-0.15, -0.1) is 0 Å². The van der Waals surface area contributed by atoms with E-state index in [0.717, 1.165) is 17.7 Å². The average Bonchev–Trinajstić information content (AvgIpc) is 2.38. The Hall–Kier alpha value is -1.57. The van der Waals surface area contributed by atoms with Crippen LogP contribution in [0.5, 0.6) is 5.75 Å². The van der Waals surface area contributed by atoms with Crippen molar-refractivity contribution in [3.05, 3.63) is 42.0 Å². The number of Topliss-reactive ketones (excluding diaryl/α,β-unsaturated/α-hetero) is 1. The second-order valence-electron chi connectivity index (χ2n) is 4.42. The van der Waals surface area contributed by atoms with E-state index >= 15 is 0 Å². The van der Waals surface area contributed by atoms with Crippen LogP contribution < -0.4 is 4.74 Å². The first kappa shape index (κ1) is 11.9. The van der Waals surface area contributed by atoms with E-state index in [4.69, 9.17) is 4.74 Å². The summed E-state index contributed by atoms with van der Waals surface area (Å²) in [5.41, 5.74) is 1.10. The molecule has 1 aliphatic carbocycles. The molecular weight excluding hydrogens is 212 g/mol. The molecule has 1 aromatic carbocycles. The van der Waals surface area contributed by atoms with Crippen molar-refractivity contribution in [1.29, 1.82) is 0 Å². The number of hydrogen-bond acceptors (Lipinski definition) is 2. The summed E-state index contributed by atoms with van der Waals surface area (Å²) in [5.74, 6) is 1.52. The van der Waals surface area contributed by atoms with Crippen molar-refractivity contribution in [3.8, 4) is 5.75 Å². The largest absolute Gasteiger partial charge is 0.497 e. The molecule has 0 radical (unpaired) electrons. The third kappa shape index (κ3) is 2.41. The molecule has 0 N–H and O–H groups in total. The van der Waals surface area contributed by atoms with Crippen LogP contribution in [0.15, 0.2) is 36.4 Å². The summed E-state index contributed by atoms with van der Waals surface area (Å²) in [6.07, 6.45) is 5.74. The highest BCUT2D eigenvalue weighted by atomic mass is 16.5. The van der Waals surface area contributed by atoms with Gasteiger partial charge in [-0.05, 0) is 30.0 Å². The van der Waals surface area contributed by atoms with E-state index in [1.165, 1.54) is 0 Å². The molecule has 0 aliphatic heterocycles. The maximum absolute atomic E-state index is 12.0. The van der Waals surface area contributed by atoms with Crippen molar-refractivity contribution >= 4 is 5.78 Å². The van der Waals surface area contributed by atoms with Crippen LogP contribution in [-0.2, 0) is 4.79 Å². The predicted octanol–water partition coefficient (Wildman–Crippen LogP) is 3.33.